The molecule has 0 aromatic heterocycles. The highest BCUT2D eigenvalue weighted by atomic mass is 15.1. The summed E-state index contributed by atoms with van der Waals surface area (Å²) in [6.45, 7) is 9.78. The number of likely N-dealkylation sites (N-methyl/N-ethyl adjacent to an activating group) is 1. The molecular formula is C17H23N. The third kappa shape index (κ3) is 1.88. The van der Waals surface area contributed by atoms with Gasteiger partial charge in [0, 0.05) is 24.7 Å². The summed E-state index contributed by atoms with van der Waals surface area (Å²) in [6.07, 6.45) is 0. The molecule has 0 N–H and O–H groups in total. The summed E-state index contributed by atoms with van der Waals surface area (Å²) in [4.78, 5) is 2.36. The van der Waals surface area contributed by atoms with Gasteiger partial charge in [0.1, 0.15) is 0 Å². The van der Waals surface area contributed by atoms with Crippen molar-refractivity contribution in [3.8, 4) is 0 Å². The molecule has 18 heavy (non-hydrogen) atoms. The lowest BCUT2D eigenvalue weighted by molar-refractivity contribution is 0.567. The molecule has 1 aliphatic heterocycles. The second-order valence-corrected chi connectivity index (χ2v) is 5.42. The van der Waals surface area contributed by atoms with E-state index >= 15 is 0 Å². The quantitative estimate of drug-likeness (QED) is 0.652. The van der Waals surface area contributed by atoms with Crippen molar-refractivity contribution < 1.29 is 0 Å². The smallest absolute Gasteiger partial charge is 0.0409 e. The van der Waals surface area contributed by atoms with Gasteiger partial charge in [-0.15, -0.1) is 0 Å². The van der Waals surface area contributed by atoms with Crippen molar-refractivity contribution in [2.24, 2.45) is 0 Å². The Morgan fingerprint density at radius 1 is 1.00 bits per heavy atom. The Bertz CT molecular complexity index is 555. The van der Waals surface area contributed by atoms with Crippen LogP contribution in [-0.2, 0) is 5.41 Å². The van der Waals surface area contributed by atoms with Gasteiger partial charge >= 0.3 is 0 Å². The number of anilines is 1. The third-order valence-corrected chi connectivity index (χ3v) is 3.63. The van der Waals surface area contributed by atoms with Crippen LogP contribution in [0.3, 0.4) is 0 Å². The Morgan fingerprint density at radius 3 is 2.39 bits per heavy atom. The van der Waals surface area contributed by atoms with Crippen LogP contribution in [0.15, 0.2) is 36.4 Å². The van der Waals surface area contributed by atoms with E-state index in [-0.39, 0.29) is 5.41 Å². The van der Waals surface area contributed by atoms with Crippen LogP contribution in [0.2, 0.25) is 0 Å². The zero-order valence-electron chi connectivity index (χ0n) is 12.1. The van der Waals surface area contributed by atoms with Crippen LogP contribution >= 0.6 is 0 Å². The predicted molar refractivity (Wildman–Crippen MR) is 81.6 cm³/mol. The van der Waals surface area contributed by atoms with E-state index in [1.807, 2.05) is 13.8 Å². The van der Waals surface area contributed by atoms with Gasteiger partial charge in [-0.3, -0.25) is 0 Å². The monoisotopic (exact) mass is 241 g/mol. The second kappa shape index (κ2) is 4.64. The Balaban J connectivity index is 0.000000574. The molecule has 1 heteroatoms. The normalized spacial score (nSPS) is 16.2. The number of hydrogen-bond acceptors (Lipinski definition) is 1. The maximum Gasteiger partial charge on any atom is 0.0409 e. The fourth-order valence-electron chi connectivity index (χ4n) is 3.05. The molecule has 0 spiro atoms. The lowest BCUT2D eigenvalue weighted by Crippen LogP contribution is -2.25. The Kier molecular flexibility index (Phi) is 3.34. The molecule has 0 radical (unpaired) electrons. The van der Waals surface area contributed by atoms with Crippen molar-refractivity contribution in [3.05, 3.63) is 42.0 Å². The van der Waals surface area contributed by atoms with Crippen LogP contribution in [0.5, 0.6) is 0 Å². The molecule has 2 aromatic rings. The highest BCUT2D eigenvalue weighted by Gasteiger charge is 2.34. The van der Waals surface area contributed by atoms with E-state index in [0.29, 0.717) is 0 Å². The van der Waals surface area contributed by atoms with Gasteiger partial charge < -0.3 is 4.90 Å². The van der Waals surface area contributed by atoms with E-state index in [9.17, 15) is 0 Å². The van der Waals surface area contributed by atoms with Gasteiger partial charge in [0.2, 0.25) is 0 Å². The van der Waals surface area contributed by atoms with E-state index in [2.05, 4.69) is 62.2 Å². The van der Waals surface area contributed by atoms with Crippen LogP contribution in [0.4, 0.5) is 5.69 Å². The SMILES string of the molecule is CC.CN1CC(C)(C)c2c1ccc1ccccc21. The lowest BCUT2D eigenvalue weighted by Gasteiger charge is -2.19. The Hall–Kier alpha value is -1.50. The zero-order valence-corrected chi connectivity index (χ0v) is 12.1. The summed E-state index contributed by atoms with van der Waals surface area (Å²) in [6, 6.07) is 13.2. The summed E-state index contributed by atoms with van der Waals surface area (Å²) < 4.78 is 0. The minimum atomic E-state index is 0.255. The molecule has 0 bridgehead atoms. The first kappa shape index (κ1) is 12.9. The van der Waals surface area contributed by atoms with Crippen molar-refractivity contribution >= 4 is 16.5 Å². The van der Waals surface area contributed by atoms with E-state index in [4.69, 9.17) is 0 Å². The Labute approximate surface area is 110 Å². The first-order chi connectivity index (χ1) is 8.59. The van der Waals surface area contributed by atoms with Gasteiger partial charge in [-0.1, -0.05) is 58.0 Å². The Morgan fingerprint density at radius 2 is 1.67 bits per heavy atom. The fourth-order valence-corrected chi connectivity index (χ4v) is 3.05. The summed E-state index contributed by atoms with van der Waals surface area (Å²) >= 11 is 0. The molecule has 0 fully saturated rings. The van der Waals surface area contributed by atoms with Crippen molar-refractivity contribution in [3.63, 3.8) is 0 Å². The fraction of sp³-hybridized carbons (Fsp3) is 0.412. The molecule has 3 rings (SSSR count). The minimum Gasteiger partial charge on any atom is -0.373 e. The van der Waals surface area contributed by atoms with Crippen molar-refractivity contribution in [1.82, 2.24) is 0 Å². The first-order valence-electron chi connectivity index (χ1n) is 6.83. The molecule has 0 saturated carbocycles. The van der Waals surface area contributed by atoms with Crippen LogP contribution in [0, 0.1) is 0 Å². The lowest BCUT2D eigenvalue weighted by atomic mass is 9.84. The van der Waals surface area contributed by atoms with Crippen LogP contribution in [0.25, 0.3) is 10.8 Å². The molecular weight excluding hydrogens is 218 g/mol. The molecule has 1 aliphatic rings. The predicted octanol–water partition coefficient (Wildman–Crippen LogP) is 4.59. The van der Waals surface area contributed by atoms with E-state index in [0.717, 1.165) is 6.54 Å². The van der Waals surface area contributed by atoms with Gasteiger partial charge in [0.05, 0.1) is 0 Å². The molecule has 0 amide bonds. The molecule has 1 heterocycles. The van der Waals surface area contributed by atoms with E-state index < -0.39 is 0 Å². The van der Waals surface area contributed by atoms with Gasteiger partial charge in [-0.2, -0.15) is 0 Å². The minimum absolute atomic E-state index is 0.255. The highest BCUT2D eigenvalue weighted by molar-refractivity contribution is 5.92. The molecule has 96 valence electrons. The number of benzene rings is 2. The third-order valence-electron chi connectivity index (χ3n) is 3.63. The zero-order chi connectivity index (χ0) is 13.3. The molecule has 0 aliphatic carbocycles. The maximum atomic E-state index is 2.36. The molecule has 2 aromatic carbocycles. The largest absolute Gasteiger partial charge is 0.373 e. The summed E-state index contributed by atoms with van der Waals surface area (Å²) in [5.41, 5.74) is 3.15. The van der Waals surface area contributed by atoms with E-state index in [1.165, 1.54) is 22.0 Å². The summed E-state index contributed by atoms with van der Waals surface area (Å²) in [5.74, 6) is 0. The molecule has 0 unspecified atom stereocenters. The molecule has 0 saturated heterocycles. The number of fused-ring (bicyclic) bond motifs is 3. The van der Waals surface area contributed by atoms with Crippen molar-refractivity contribution in [2.75, 3.05) is 18.5 Å². The van der Waals surface area contributed by atoms with Crippen LogP contribution < -0.4 is 4.90 Å². The number of hydrogen-bond donors (Lipinski definition) is 0. The van der Waals surface area contributed by atoms with Gasteiger partial charge in [0.15, 0.2) is 0 Å². The van der Waals surface area contributed by atoms with E-state index in [1.54, 1.807) is 0 Å². The van der Waals surface area contributed by atoms with Gasteiger partial charge in [-0.05, 0) is 22.4 Å². The number of nitrogens with zero attached hydrogens (tertiary/aromatic N) is 1. The average molecular weight is 241 g/mol. The highest BCUT2D eigenvalue weighted by Crippen LogP contribution is 2.43. The van der Waals surface area contributed by atoms with Crippen LogP contribution in [0.1, 0.15) is 33.3 Å². The van der Waals surface area contributed by atoms with Gasteiger partial charge in [-0.25, -0.2) is 0 Å². The standard InChI is InChI=1S/C15H17N.C2H6/c1-15(2)10-16(3)13-9-8-11-6-4-5-7-12(11)14(13)15;1-2/h4-9H,10H2,1-3H3;1-2H3. The second-order valence-electron chi connectivity index (χ2n) is 5.42. The average Bonchev–Trinajstić information content (AvgIpc) is 2.62. The van der Waals surface area contributed by atoms with Crippen molar-refractivity contribution in [2.45, 2.75) is 33.1 Å². The number of rotatable bonds is 0. The first-order valence-corrected chi connectivity index (χ1v) is 6.83. The molecule has 0 atom stereocenters. The summed E-state index contributed by atoms with van der Waals surface area (Å²) in [7, 11) is 2.18. The van der Waals surface area contributed by atoms with Crippen molar-refractivity contribution in [1.29, 1.82) is 0 Å². The van der Waals surface area contributed by atoms with Crippen LogP contribution in [-0.4, -0.2) is 13.6 Å². The van der Waals surface area contributed by atoms with Gasteiger partial charge in [0.25, 0.3) is 0 Å². The topological polar surface area (TPSA) is 3.24 Å². The summed E-state index contributed by atoms with van der Waals surface area (Å²) in [5, 5.41) is 2.76. The molecule has 1 nitrogen and oxygen atoms in total. The maximum absolute atomic E-state index is 2.36.